The normalized spacial score (nSPS) is 10.5. The molecule has 0 fully saturated rings. The largest absolute Gasteiger partial charge is 0.364 e. The highest BCUT2D eigenvalue weighted by atomic mass is 32.1. The Morgan fingerprint density at radius 2 is 2.55 bits per heavy atom. The van der Waals surface area contributed by atoms with Gasteiger partial charge in [0.1, 0.15) is 5.51 Å². The Morgan fingerprint density at radius 3 is 3.27 bits per heavy atom. The van der Waals surface area contributed by atoms with E-state index < -0.39 is 5.91 Å². The Morgan fingerprint density at radius 1 is 1.73 bits per heavy atom. The molecule has 11 heavy (non-hydrogen) atoms. The average Bonchev–Trinajstić information content (AvgIpc) is 2.41. The molecule has 2 heterocycles. The highest BCUT2D eigenvalue weighted by molar-refractivity contribution is 7.14. The quantitative estimate of drug-likeness (QED) is 0.645. The number of amides is 1. The summed E-state index contributed by atoms with van der Waals surface area (Å²) < 4.78 is 1.42. The molecule has 2 rings (SSSR count). The van der Waals surface area contributed by atoms with Crippen LogP contribution in [0.25, 0.3) is 4.96 Å². The maximum absolute atomic E-state index is 10.7. The Kier molecular flexibility index (Phi) is 1.16. The Balaban J connectivity index is 2.78. The van der Waals surface area contributed by atoms with Gasteiger partial charge in [0.15, 0.2) is 5.69 Å². The van der Waals surface area contributed by atoms with E-state index in [1.807, 2.05) is 0 Å². The van der Waals surface area contributed by atoms with Gasteiger partial charge in [-0.05, 0) is 0 Å². The van der Waals surface area contributed by atoms with Gasteiger partial charge in [0.2, 0.25) is 4.96 Å². The Hall–Kier alpha value is -1.43. The molecule has 6 heteroatoms. The third kappa shape index (κ3) is 0.795. The Bertz CT molecular complexity index is 403. The van der Waals surface area contributed by atoms with Crippen molar-refractivity contribution in [1.82, 2.24) is 14.6 Å². The molecule has 2 N–H and O–H groups in total. The minimum atomic E-state index is -0.511. The lowest BCUT2D eigenvalue weighted by Gasteiger charge is -1.86. The van der Waals surface area contributed by atoms with Crippen molar-refractivity contribution in [2.45, 2.75) is 0 Å². The molecular weight excluding hydrogens is 164 g/mol. The minimum Gasteiger partial charge on any atom is -0.364 e. The van der Waals surface area contributed by atoms with Crippen LogP contribution in [-0.4, -0.2) is 20.5 Å². The molecule has 0 aliphatic heterocycles. The van der Waals surface area contributed by atoms with Gasteiger partial charge in [-0.2, -0.15) is 9.61 Å². The van der Waals surface area contributed by atoms with E-state index in [1.54, 1.807) is 5.51 Å². The fourth-order valence-electron chi connectivity index (χ4n) is 0.807. The zero-order valence-electron chi connectivity index (χ0n) is 5.39. The van der Waals surface area contributed by atoms with Crippen molar-refractivity contribution in [2.75, 3.05) is 0 Å². The monoisotopic (exact) mass is 168 g/mol. The van der Waals surface area contributed by atoms with Crippen molar-refractivity contribution < 1.29 is 4.79 Å². The Labute approximate surface area is 65.5 Å². The second kappa shape index (κ2) is 2.03. The number of primary amides is 1. The van der Waals surface area contributed by atoms with Gasteiger partial charge in [-0.3, -0.25) is 4.79 Å². The summed E-state index contributed by atoms with van der Waals surface area (Å²) in [6, 6.07) is 0. The summed E-state index contributed by atoms with van der Waals surface area (Å²) >= 11 is 1.36. The van der Waals surface area contributed by atoms with Crippen LogP contribution in [0.1, 0.15) is 10.5 Å². The number of hydrogen-bond acceptors (Lipinski definition) is 4. The van der Waals surface area contributed by atoms with Crippen molar-refractivity contribution in [1.29, 1.82) is 0 Å². The van der Waals surface area contributed by atoms with Crippen LogP contribution in [0.4, 0.5) is 0 Å². The summed E-state index contributed by atoms with van der Waals surface area (Å²) in [5.74, 6) is -0.511. The van der Waals surface area contributed by atoms with Gasteiger partial charge in [-0.25, -0.2) is 4.98 Å². The lowest BCUT2D eigenvalue weighted by atomic mass is 10.5. The SMILES string of the molecule is NC(=O)c1cnc2scnn12. The number of carbonyl (C=O) groups excluding carboxylic acids is 1. The summed E-state index contributed by atoms with van der Waals surface area (Å²) in [7, 11) is 0. The van der Waals surface area contributed by atoms with Crippen molar-refractivity contribution in [3.63, 3.8) is 0 Å². The first-order chi connectivity index (χ1) is 5.29. The van der Waals surface area contributed by atoms with E-state index in [4.69, 9.17) is 5.73 Å². The molecule has 0 aromatic carbocycles. The van der Waals surface area contributed by atoms with Crippen LogP contribution in [0, 0.1) is 0 Å². The van der Waals surface area contributed by atoms with Crippen molar-refractivity contribution in [3.05, 3.63) is 17.4 Å². The number of aromatic nitrogens is 3. The predicted molar refractivity (Wildman–Crippen MR) is 39.4 cm³/mol. The van der Waals surface area contributed by atoms with Gasteiger partial charge >= 0.3 is 0 Å². The highest BCUT2D eigenvalue weighted by Crippen LogP contribution is 2.08. The molecule has 0 spiro atoms. The summed E-state index contributed by atoms with van der Waals surface area (Å²) in [6.07, 6.45) is 1.42. The fraction of sp³-hybridized carbons (Fsp3) is 0. The van der Waals surface area contributed by atoms with E-state index in [9.17, 15) is 4.79 Å². The molecule has 1 amide bonds. The lowest BCUT2D eigenvalue weighted by Crippen LogP contribution is -2.13. The van der Waals surface area contributed by atoms with E-state index in [1.165, 1.54) is 22.0 Å². The molecule has 0 atom stereocenters. The van der Waals surface area contributed by atoms with Gasteiger partial charge in [-0.15, -0.1) is 0 Å². The van der Waals surface area contributed by atoms with E-state index in [0.29, 0.717) is 10.7 Å². The van der Waals surface area contributed by atoms with Gasteiger partial charge in [0, 0.05) is 0 Å². The number of imidazole rings is 1. The van der Waals surface area contributed by atoms with Crippen molar-refractivity contribution >= 4 is 22.2 Å². The van der Waals surface area contributed by atoms with Crippen molar-refractivity contribution in [2.24, 2.45) is 5.73 Å². The van der Waals surface area contributed by atoms with Gasteiger partial charge in [-0.1, -0.05) is 11.3 Å². The molecule has 0 bridgehead atoms. The van der Waals surface area contributed by atoms with Crippen LogP contribution < -0.4 is 5.73 Å². The highest BCUT2D eigenvalue weighted by Gasteiger charge is 2.09. The third-order valence-electron chi connectivity index (χ3n) is 1.28. The molecule has 0 unspecified atom stereocenters. The van der Waals surface area contributed by atoms with Crippen molar-refractivity contribution in [3.8, 4) is 0 Å². The fourth-order valence-corrected chi connectivity index (χ4v) is 1.40. The van der Waals surface area contributed by atoms with Crippen LogP contribution >= 0.6 is 11.3 Å². The lowest BCUT2D eigenvalue weighted by molar-refractivity contribution is 0.0994. The van der Waals surface area contributed by atoms with Gasteiger partial charge < -0.3 is 5.73 Å². The molecule has 56 valence electrons. The second-order valence-corrected chi connectivity index (χ2v) is 2.75. The second-order valence-electron chi connectivity index (χ2n) is 1.94. The van der Waals surface area contributed by atoms with Gasteiger partial charge in [0.05, 0.1) is 6.20 Å². The number of fused-ring (bicyclic) bond motifs is 1. The summed E-state index contributed by atoms with van der Waals surface area (Å²) in [5, 5.41) is 3.87. The minimum absolute atomic E-state index is 0.321. The smallest absolute Gasteiger partial charge is 0.269 e. The number of rotatable bonds is 1. The summed E-state index contributed by atoms with van der Waals surface area (Å²) in [4.78, 5) is 15.3. The number of carbonyl (C=O) groups is 1. The topological polar surface area (TPSA) is 73.3 Å². The predicted octanol–water partition coefficient (Wildman–Crippen LogP) is -0.110. The first-order valence-electron chi connectivity index (χ1n) is 2.86. The number of nitrogens with zero attached hydrogens (tertiary/aromatic N) is 3. The molecule has 5 nitrogen and oxygen atoms in total. The molecule has 2 aromatic heterocycles. The number of hydrogen-bond donors (Lipinski definition) is 1. The molecule has 0 aliphatic carbocycles. The zero-order chi connectivity index (χ0) is 7.84. The van der Waals surface area contributed by atoms with E-state index in [0.717, 1.165) is 0 Å². The van der Waals surface area contributed by atoms with Crippen LogP contribution in [0.3, 0.4) is 0 Å². The first-order valence-corrected chi connectivity index (χ1v) is 3.74. The zero-order valence-corrected chi connectivity index (χ0v) is 6.21. The van der Waals surface area contributed by atoms with Crippen LogP contribution in [0.15, 0.2) is 11.7 Å². The molecular formula is C5H4N4OS. The maximum Gasteiger partial charge on any atom is 0.269 e. The summed E-state index contributed by atoms with van der Waals surface area (Å²) in [6.45, 7) is 0. The van der Waals surface area contributed by atoms with Crippen LogP contribution in [0.5, 0.6) is 0 Å². The van der Waals surface area contributed by atoms with Crippen LogP contribution in [0.2, 0.25) is 0 Å². The van der Waals surface area contributed by atoms with Gasteiger partial charge in [0.25, 0.3) is 5.91 Å². The molecule has 0 radical (unpaired) electrons. The molecule has 0 saturated carbocycles. The molecule has 0 aliphatic rings. The first kappa shape index (κ1) is 6.29. The molecule has 0 saturated heterocycles. The molecule has 2 aromatic rings. The van der Waals surface area contributed by atoms with Crippen LogP contribution in [-0.2, 0) is 0 Å². The van der Waals surface area contributed by atoms with E-state index in [-0.39, 0.29) is 0 Å². The third-order valence-corrected chi connectivity index (χ3v) is 1.97. The van der Waals surface area contributed by atoms with E-state index in [2.05, 4.69) is 10.1 Å². The standard InChI is InChI=1S/C5H4N4OS/c6-4(10)3-1-7-5-9(3)8-2-11-5/h1-2H,(H2,6,10). The maximum atomic E-state index is 10.7. The number of nitrogens with two attached hydrogens (primary N) is 1. The van der Waals surface area contributed by atoms with E-state index >= 15 is 0 Å². The average molecular weight is 168 g/mol. The summed E-state index contributed by atoms with van der Waals surface area (Å²) in [5.41, 5.74) is 6.97.